The zero-order chi connectivity index (χ0) is 7.14. The van der Waals surface area contributed by atoms with Crippen molar-refractivity contribution in [1.82, 2.24) is 0 Å². The maximum absolute atomic E-state index is 9.34. The van der Waals surface area contributed by atoms with Crippen molar-refractivity contribution in [2.24, 2.45) is 5.92 Å². The Morgan fingerprint density at radius 1 is 1.40 bits per heavy atom. The molecule has 1 N–H and O–H groups in total. The van der Waals surface area contributed by atoms with E-state index in [0.29, 0.717) is 5.92 Å². The number of rotatable bonds is 0. The van der Waals surface area contributed by atoms with Crippen LogP contribution in [0, 0.1) is 5.92 Å². The first-order valence-corrected chi connectivity index (χ1v) is 3.86. The summed E-state index contributed by atoms with van der Waals surface area (Å²) in [5, 5.41) is 9.34. The molecule has 1 saturated carbocycles. The smallest absolute Gasteiger partial charge is 0.109 e. The summed E-state index contributed by atoms with van der Waals surface area (Å²) in [7, 11) is 5.55. The third-order valence-corrected chi connectivity index (χ3v) is 2.54. The molecular formula is C7H11BO2. The highest BCUT2D eigenvalue weighted by Gasteiger charge is 2.41. The van der Waals surface area contributed by atoms with E-state index >= 15 is 0 Å². The minimum absolute atomic E-state index is 0.0509. The molecule has 0 bridgehead atoms. The number of fused-ring (bicyclic) bond motifs is 1. The largest absolute Gasteiger partial charge is 0.390 e. The number of aliphatic hydroxyl groups is 1. The second-order valence-electron chi connectivity index (χ2n) is 3.28. The monoisotopic (exact) mass is 138 g/mol. The summed E-state index contributed by atoms with van der Waals surface area (Å²) in [5.74, 6) is 0.532. The van der Waals surface area contributed by atoms with Gasteiger partial charge in [0, 0.05) is 6.00 Å². The van der Waals surface area contributed by atoms with E-state index in [1.807, 2.05) is 0 Å². The quantitative estimate of drug-likeness (QED) is 0.479. The van der Waals surface area contributed by atoms with E-state index in [0.717, 1.165) is 19.3 Å². The molecular weight excluding hydrogens is 127 g/mol. The standard InChI is InChI=1S/C7H11BO2/c8-6-3-4-1-2-5(9)7(4)10-6/h4-7,9H,1-3H2/t4?,5-,6-,7+/m1/s1. The molecule has 3 heteroatoms. The lowest BCUT2D eigenvalue weighted by Gasteiger charge is -2.12. The molecule has 0 aromatic heterocycles. The summed E-state index contributed by atoms with van der Waals surface area (Å²) in [6.45, 7) is 0. The molecule has 0 amide bonds. The molecule has 1 heterocycles. The van der Waals surface area contributed by atoms with Gasteiger partial charge in [0.05, 0.1) is 12.2 Å². The topological polar surface area (TPSA) is 29.5 Å². The number of hydrogen-bond acceptors (Lipinski definition) is 2. The Kier molecular flexibility index (Phi) is 1.50. The Morgan fingerprint density at radius 2 is 2.20 bits per heavy atom. The average Bonchev–Trinajstić information content (AvgIpc) is 2.35. The van der Waals surface area contributed by atoms with E-state index in [9.17, 15) is 5.11 Å². The number of ether oxygens (including phenoxy) is 1. The molecule has 2 nitrogen and oxygen atoms in total. The van der Waals surface area contributed by atoms with Gasteiger partial charge in [0.2, 0.25) is 0 Å². The van der Waals surface area contributed by atoms with Crippen molar-refractivity contribution in [3.05, 3.63) is 0 Å². The van der Waals surface area contributed by atoms with Crippen LogP contribution in [0.4, 0.5) is 0 Å². The van der Waals surface area contributed by atoms with Gasteiger partial charge >= 0.3 is 0 Å². The van der Waals surface area contributed by atoms with Gasteiger partial charge in [-0.15, -0.1) is 0 Å². The first kappa shape index (κ1) is 6.68. The first-order chi connectivity index (χ1) is 4.77. The summed E-state index contributed by atoms with van der Waals surface area (Å²) in [6.07, 6.45) is 2.71. The predicted octanol–water partition coefficient (Wildman–Crippen LogP) is 0.0408. The summed E-state index contributed by atoms with van der Waals surface area (Å²) >= 11 is 0. The van der Waals surface area contributed by atoms with Crippen LogP contribution in [-0.2, 0) is 4.74 Å². The minimum atomic E-state index is -0.251. The van der Waals surface area contributed by atoms with Crippen LogP contribution < -0.4 is 0 Å². The van der Waals surface area contributed by atoms with E-state index in [1.54, 1.807) is 0 Å². The van der Waals surface area contributed by atoms with Crippen LogP contribution in [0.15, 0.2) is 0 Å². The number of hydrogen-bond donors (Lipinski definition) is 1. The molecule has 10 heavy (non-hydrogen) atoms. The Hall–Kier alpha value is -0.0151. The second-order valence-corrected chi connectivity index (χ2v) is 3.28. The van der Waals surface area contributed by atoms with E-state index in [2.05, 4.69) is 0 Å². The van der Waals surface area contributed by atoms with Crippen LogP contribution in [0.1, 0.15) is 19.3 Å². The van der Waals surface area contributed by atoms with Crippen molar-refractivity contribution in [2.75, 3.05) is 0 Å². The van der Waals surface area contributed by atoms with Crippen LogP contribution in [0.2, 0.25) is 0 Å². The SMILES string of the molecule is [B][C@H]1CC2CC[C@@H](O)[C@H]2O1. The van der Waals surface area contributed by atoms with Gasteiger partial charge in [-0.1, -0.05) is 0 Å². The molecule has 1 aliphatic heterocycles. The third-order valence-electron chi connectivity index (χ3n) is 2.54. The highest BCUT2D eigenvalue weighted by molar-refractivity contribution is 6.11. The summed E-state index contributed by atoms with van der Waals surface area (Å²) in [5.41, 5.74) is 0. The van der Waals surface area contributed by atoms with Crippen LogP contribution >= 0.6 is 0 Å². The zero-order valence-corrected chi connectivity index (χ0v) is 5.86. The molecule has 54 valence electrons. The summed E-state index contributed by atoms with van der Waals surface area (Å²) in [4.78, 5) is 0. The van der Waals surface area contributed by atoms with Crippen LogP contribution in [-0.4, -0.2) is 31.2 Å². The van der Waals surface area contributed by atoms with Gasteiger partial charge in [-0.25, -0.2) is 0 Å². The van der Waals surface area contributed by atoms with Crippen molar-refractivity contribution in [3.8, 4) is 0 Å². The average molecular weight is 138 g/mol. The molecule has 1 saturated heterocycles. The van der Waals surface area contributed by atoms with Crippen LogP contribution in [0.25, 0.3) is 0 Å². The Bertz CT molecular complexity index is 140. The fourth-order valence-electron chi connectivity index (χ4n) is 2.04. The normalized spacial score (nSPS) is 53.3. The Balaban J connectivity index is 2.05. The molecule has 0 aromatic carbocycles. The molecule has 2 aliphatic rings. The van der Waals surface area contributed by atoms with Gasteiger partial charge < -0.3 is 9.84 Å². The van der Waals surface area contributed by atoms with E-state index in [4.69, 9.17) is 12.6 Å². The van der Waals surface area contributed by atoms with Crippen molar-refractivity contribution < 1.29 is 9.84 Å². The maximum Gasteiger partial charge on any atom is 0.109 e. The molecule has 2 fully saturated rings. The third kappa shape index (κ3) is 0.885. The summed E-state index contributed by atoms with van der Waals surface area (Å²) < 4.78 is 5.33. The molecule has 1 aliphatic carbocycles. The van der Waals surface area contributed by atoms with Gasteiger partial charge in [0.15, 0.2) is 0 Å². The zero-order valence-electron chi connectivity index (χ0n) is 5.86. The second kappa shape index (κ2) is 2.24. The first-order valence-electron chi connectivity index (χ1n) is 3.86. The molecule has 2 radical (unpaired) electrons. The van der Waals surface area contributed by atoms with Crippen LogP contribution in [0.3, 0.4) is 0 Å². The van der Waals surface area contributed by atoms with Gasteiger partial charge in [-0.2, -0.15) is 0 Å². The lowest BCUT2D eigenvalue weighted by atomic mass is 9.91. The van der Waals surface area contributed by atoms with Crippen LogP contribution in [0.5, 0.6) is 0 Å². The maximum atomic E-state index is 9.34. The summed E-state index contributed by atoms with van der Waals surface area (Å²) in [6, 6.07) is -0.120. The van der Waals surface area contributed by atoms with Gasteiger partial charge in [-0.05, 0) is 25.2 Å². The minimum Gasteiger partial charge on any atom is -0.390 e. The van der Waals surface area contributed by atoms with E-state index in [-0.39, 0.29) is 18.2 Å². The lowest BCUT2D eigenvalue weighted by Crippen LogP contribution is -2.23. The van der Waals surface area contributed by atoms with Crippen molar-refractivity contribution in [1.29, 1.82) is 0 Å². The fourth-order valence-corrected chi connectivity index (χ4v) is 2.04. The number of aliphatic hydroxyl groups excluding tert-OH is 1. The van der Waals surface area contributed by atoms with E-state index < -0.39 is 0 Å². The fraction of sp³-hybridized carbons (Fsp3) is 1.00. The van der Waals surface area contributed by atoms with Gasteiger partial charge in [-0.3, -0.25) is 0 Å². The predicted molar refractivity (Wildman–Crippen MR) is 37.8 cm³/mol. The van der Waals surface area contributed by atoms with E-state index in [1.165, 1.54) is 0 Å². The molecule has 2 rings (SSSR count). The molecule has 4 atom stereocenters. The van der Waals surface area contributed by atoms with Gasteiger partial charge in [0.25, 0.3) is 0 Å². The van der Waals surface area contributed by atoms with Crippen molar-refractivity contribution >= 4 is 7.85 Å². The van der Waals surface area contributed by atoms with Gasteiger partial charge in [0.1, 0.15) is 7.85 Å². The highest BCUT2D eigenvalue weighted by Crippen LogP contribution is 2.37. The molecule has 1 unspecified atom stereocenters. The molecule has 0 spiro atoms. The Morgan fingerprint density at radius 3 is 2.90 bits per heavy atom. The van der Waals surface area contributed by atoms with Crippen molar-refractivity contribution in [2.45, 2.75) is 37.5 Å². The Labute approximate surface area is 62.0 Å². The molecule has 0 aromatic rings. The highest BCUT2D eigenvalue weighted by atomic mass is 16.5. The van der Waals surface area contributed by atoms with Crippen molar-refractivity contribution in [3.63, 3.8) is 0 Å². The lowest BCUT2D eigenvalue weighted by molar-refractivity contribution is -0.00470.